The van der Waals surface area contributed by atoms with Crippen LogP contribution in [0.5, 0.6) is 0 Å². The van der Waals surface area contributed by atoms with E-state index >= 15 is 0 Å². The average molecular weight is 619 g/mol. The molecule has 10 nitrogen and oxygen atoms in total. The first-order valence-electron chi connectivity index (χ1n) is 13.3. The van der Waals surface area contributed by atoms with E-state index in [0.717, 1.165) is 30.4 Å². The van der Waals surface area contributed by atoms with Gasteiger partial charge in [0.1, 0.15) is 10.4 Å². The summed E-state index contributed by atoms with van der Waals surface area (Å²) >= 11 is 0.693. The van der Waals surface area contributed by atoms with Gasteiger partial charge in [-0.25, -0.2) is 18.4 Å². The molecule has 4 aliphatic rings. The Hall–Kier alpha value is -3.53. The lowest BCUT2D eigenvalue weighted by molar-refractivity contribution is -0.137. The number of rotatable bonds is 5. The smallest absolute Gasteiger partial charge is 0.377 e. The third kappa shape index (κ3) is 4.64. The molecular formula is C27H25F3N6O4S2. The molecule has 0 saturated carbocycles. The number of piperazine rings is 1. The highest BCUT2D eigenvalue weighted by molar-refractivity contribution is 7.91. The van der Waals surface area contributed by atoms with E-state index in [9.17, 15) is 26.4 Å². The first kappa shape index (κ1) is 27.3. The van der Waals surface area contributed by atoms with E-state index in [1.165, 1.54) is 10.6 Å². The molecule has 15 heteroatoms. The lowest BCUT2D eigenvalue weighted by atomic mass is 10.1. The molecule has 0 spiro atoms. The summed E-state index contributed by atoms with van der Waals surface area (Å²) in [6, 6.07) is 6.91. The van der Waals surface area contributed by atoms with Crippen molar-refractivity contribution >= 4 is 44.4 Å². The van der Waals surface area contributed by atoms with Crippen molar-refractivity contribution in [2.24, 2.45) is 0 Å². The fourth-order valence-corrected chi connectivity index (χ4v) is 8.49. The maximum Gasteiger partial charge on any atom is 0.420 e. The fourth-order valence-electron chi connectivity index (χ4n) is 5.57. The number of benzene rings is 1. The molecule has 4 aliphatic heterocycles. The minimum atomic E-state index is -4.82. The first-order chi connectivity index (χ1) is 20.0. The fraction of sp³-hybridized carbons (Fsp3) is 0.370. The topological polar surface area (TPSA) is 117 Å². The maximum atomic E-state index is 14.1. The number of nitrogens with one attached hydrogen (secondary N) is 2. The summed E-state index contributed by atoms with van der Waals surface area (Å²) in [6.07, 6.45) is -1.95. The lowest BCUT2D eigenvalue weighted by Gasteiger charge is -2.36. The van der Waals surface area contributed by atoms with E-state index in [2.05, 4.69) is 31.6 Å². The molecule has 0 radical (unpaired) electrons. The third-order valence-electron chi connectivity index (χ3n) is 7.91. The van der Waals surface area contributed by atoms with Gasteiger partial charge in [0.25, 0.3) is 5.91 Å². The Morgan fingerprint density at radius 3 is 2.67 bits per heavy atom. The van der Waals surface area contributed by atoms with Crippen molar-refractivity contribution < 1.29 is 31.1 Å². The van der Waals surface area contributed by atoms with E-state index < -0.39 is 33.2 Å². The van der Waals surface area contributed by atoms with Crippen molar-refractivity contribution in [2.45, 2.75) is 30.1 Å². The van der Waals surface area contributed by atoms with Gasteiger partial charge in [0.2, 0.25) is 5.95 Å². The maximum absolute atomic E-state index is 14.1. The number of alkyl halides is 3. The molecule has 220 valence electrons. The van der Waals surface area contributed by atoms with Crippen LogP contribution >= 0.6 is 11.3 Å². The Labute approximate surface area is 243 Å². The number of hydrogen-bond acceptors (Lipinski definition) is 10. The van der Waals surface area contributed by atoms with Crippen molar-refractivity contribution in [3.05, 3.63) is 58.2 Å². The standard InChI is InChI=1S/C27H25F3N6O4S2/c1-14-6-16(36-11-15-7-17(36)9-31-15)2-3-20(14)33-26-32-10-19(27(28,29)30)23(34-26)21-8-22-24(41-21)25(37)35(18-12-40-13-18)4-5-42(22,38)39/h2-3,6-8,10,15,18,31H,4-5,9,11-13H2,1H3,(H,32,33,34)/t15-/m1/s1. The highest BCUT2D eigenvalue weighted by Crippen LogP contribution is 2.42. The van der Waals surface area contributed by atoms with Gasteiger partial charge in [-0.3, -0.25) is 4.79 Å². The van der Waals surface area contributed by atoms with Crippen molar-refractivity contribution in [1.82, 2.24) is 20.2 Å². The molecule has 6 heterocycles. The number of hydrogen-bond donors (Lipinski definition) is 2. The number of fused-ring (bicyclic) bond motifs is 2. The minimum Gasteiger partial charge on any atom is -0.377 e. The van der Waals surface area contributed by atoms with Crippen LogP contribution in [0.25, 0.3) is 10.6 Å². The number of carbonyl (C=O) groups excluding carboxylic acids is 1. The molecule has 7 rings (SSSR count). The van der Waals surface area contributed by atoms with E-state index in [1.807, 2.05) is 25.1 Å². The molecule has 1 saturated heterocycles. The number of halogens is 3. The van der Waals surface area contributed by atoms with Gasteiger partial charge in [-0.1, -0.05) is 0 Å². The number of carbonyl (C=O) groups is 1. The van der Waals surface area contributed by atoms with E-state index in [0.29, 0.717) is 29.3 Å². The quantitative estimate of drug-likeness (QED) is 0.443. The van der Waals surface area contributed by atoms with Crippen LogP contribution in [0.2, 0.25) is 0 Å². The summed E-state index contributed by atoms with van der Waals surface area (Å²) in [5, 5.41) is 6.39. The molecule has 3 aromatic rings. The van der Waals surface area contributed by atoms with Crippen molar-refractivity contribution in [3.63, 3.8) is 0 Å². The van der Waals surface area contributed by atoms with Crippen molar-refractivity contribution in [3.8, 4) is 10.6 Å². The van der Waals surface area contributed by atoms with Crippen LogP contribution in [-0.4, -0.2) is 79.9 Å². The van der Waals surface area contributed by atoms with Crippen LogP contribution in [0.15, 0.2) is 47.1 Å². The summed E-state index contributed by atoms with van der Waals surface area (Å²) in [6.45, 7) is 4.08. The van der Waals surface area contributed by atoms with Crippen LogP contribution in [0.1, 0.15) is 20.8 Å². The summed E-state index contributed by atoms with van der Waals surface area (Å²) in [4.78, 5) is 24.6. The zero-order valence-electron chi connectivity index (χ0n) is 22.2. The number of thiophene rings is 1. The molecule has 2 bridgehead atoms. The number of amides is 1. The molecule has 42 heavy (non-hydrogen) atoms. The zero-order valence-corrected chi connectivity index (χ0v) is 23.9. The highest BCUT2D eigenvalue weighted by Gasteiger charge is 2.41. The summed E-state index contributed by atoms with van der Waals surface area (Å²) < 4.78 is 73.6. The van der Waals surface area contributed by atoms with Crippen LogP contribution < -0.4 is 15.5 Å². The third-order valence-corrected chi connectivity index (χ3v) is 10.9. The minimum absolute atomic E-state index is 0.00766. The molecule has 1 atom stereocenters. The summed E-state index contributed by atoms with van der Waals surface area (Å²) in [7, 11) is -3.92. The van der Waals surface area contributed by atoms with Gasteiger partial charge in [0.05, 0.1) is 40.5 Å². The van der Waals surface area contributed by atoms with E-state index in [1.54, 1.807) is 0 Å². The molecular weight excluding hydrogens is 593 g/mol. The van der Waals surface area contributed by atoms with Gasteiger partial charge < -0.3 is 25.2 Å². The number of sulfone groups is 1. The second-order valence-corrected chi connectivity index (χ2v) is 13.8. The molecule has 1 aromatic carbocycles. The Balaban J connectivity index is 1.24. The number of nitrogens with zero attached hydrogens (tertiary/aromatic N) is 4. The van der Waals surface area contributed by atoms with Gasteiger partial charge in [-0.2, -0.15) is 13.2 Å². The first-order valence-corrected chi connectivity index (χ1v) is 15.7. The number of aromatic nitrogens is 2. The Kier molecular flexibility index (Phi) is 6.34. The highest BCUT2D eigenvalue weighted by atomic mass is 32.2. The van der Waals surface area contributed by atoms with Crippen LogP contribution in [0, 0.1) is 6.92 Å². The van der Waals surface area contributed by atoms with Crippen molar-refractivity contribution in [1.29, 1.82) is 0 Å². The number of anilines is 3. The lowest BCUT2D eigenvalue weighted by Crippen LogP contribution is -2.52. The second-order valence-electron chi connectivity index (χ2n) is 10.6. The van der Waals surface area contributed by atoms with E-state index in [4.69, 9.17) is 4.74 Å². The van der Waals surface area contributed by atoms with Crippen LogP contribution in [0.3, 0.4) is 0 Å². The monoisotopic (exact) mass is 618 g/mol. The van der Waals surface area contributed by atoms with Gasteiger partial charge in [0, 0.05) is 48.9 Å². The number of aryl methyl sites for hydroxylation is 1. The van der Waals surface area contributed by atoms with Crippen molar-refractivity contribution in [2.75, 3.05) is 48.8 Å². The second kappa shape index (κ2) is 9.76. The van der Waals surface area contributed by atoms with Gasteiger partial charge in [0.15, 0.2) is 9.84 Å². The Morgan fingerprint density at radius 1 is 1.21 bits per heavy atom. The SMILES string of the molecule is Cc1cc(N2C[C@H]3C=C2CN3)ccc1Nc1ncc(C(F)(F)F)c(-c2cc3c(s2)C(=O)N(C2COC2)CCS3(=O)=O)n1. The summed E-state index contributed by atoms with van der Waals surface area (Å²) in [5.74, 6) is -0.959. The van der Waals surface area contributed by atoms with Gasteiger partial charge in [-0.15, -0.1) is 11.3 Å². The number of ether oxygens (including phenoxy) is 1. The predicted octanol–water partition coefficient (Wildman–Crippen LogP) is 3.58. The average Bonchev–Trinajstić information content (AvgIpc) is 3.65. The predicted molar refractivity (Wildman–Crippen MR) is 150 cm³/mol. The zero-order chi connectivity index (χ0) is 29.4. The Morgan fingerprint density at radius 2 is 2.02 bits per heavy atom. The normalized spacial score (nSPS) is 21.7. The van der Waals surface area contributed by atoms with Crippen LogP contribution in [-0.2, 0) is 20.8 Å². The largest absolute Gasteiger partial charge is 0.420 e. The van der Waals surface area contributed by atoms with Gasteiger partial charge in [-0.05, 0) is 42.8 Å². The van der Waals surface area contributed by atoms with Crippen LogP contribution in [0.4, 0.5) is 30.5 Å². The Bertz CT molecular complexity index is 1750. The van der Waals surface area contributed by atoms with E-state index in [-0.39, 0.29) is 52.2 Å². The summed E-state index contributed by atoms with van der Waals surface area (Å²) in [5.41, 5.74) is 2.04. The molecule has 0 unspecified atom stereocenters. The van der Waals surface area contributed by atoms with Gasteiger partial charge >= 0.3 is 6.18 Å². The molecule has 1 amide bonds. The molecule has 0 aliphatic carbocycles. The molecule has 2 N–H and O–H groups in total. The molecule has 1 fully saturated rings. The molecule has 2 aromatic heterocycles.